The molecule has 2 nitrogen and oxygen atoms in total. The van der Waals surface area contributed by atoms with Gasteiger partial charge in [0.05, 0.1) is 11.6 Å². The highest BCUT2D eigenvalue weighted by molar-refractivity contribution is 9.10. The van der Waals surface area contributed by atoms with E-state index in [0.29, 0.717) is 5.92 Å². The van der Waals surface area contributed by atoms with Gasteiger partial charge in [0.1, 0.15) is 5.75 Å². The number of benzene rings is 1. The highest BCUT2D eigenvalue weighted by Crippen LogP contribution is 2.26. The van der Waals surface area contributed by atoms with Crippen LogP contribution in [0.15, 0.2) is 22.7 Å². The fourth-order valence-corrected chi connectivity index (χ4v) is 2.57. The second kappa shape index (κ2) is 7.02. The number of halogens is 1. The fraction of sp³-hybridized carbons (Fsp3) is 0.571. The van der Waals surface area contributed by atoms with E-state index < -0.39 is 0 Å². The highest BCUT2D eigenvalue weighted by atomic mass is 79.9. The molecule has 2 unspecified atom stereocenters. The normalized spacial score (nSPS) is 14.4. The molecule has 3 heteroatoms. The van der Waals surface area contributed by atoms with Crippen LogP contribution in [0, 0.1) is 5.92 Å². The number of hydrogen-bond donors (Lipinski definition) is 1. The SMILES string of the molecule is CCCC(C)C(N)Cc1ccc(OC)c(Br)c1. The van der Waals surface area contributed by atoms with Crippen LogP contribution in [0.3, 0.4) is 0 Å². The van der Waals surface area contributed by atoms with Crippen molar-refractivity contribution < 1.29 is 4.74 Å². The molecule has 0 radical (unpaired) electrons. The summed E-state index contributed by atoms with van der Waals surface area (Å²) in [5.74, 6) is 1.44. The first-order valence-electron chi connectivity index (χ1n) is 6.16. The van der Waals surface area contributed by atoms with E-state index in [-0.39, 0.29) is 6.04 Å². The van der Waals surface area contributed by atoms with Crippen molar-refractivity contribution in [3.63, 3.8) is 0 Å². The molecular weight excluding hydrogens is 278 g/mol. The lowest BCUT2D eigenvalue weighted by Crippen LogP contribution is -2.30. The van der Waals surface area contributed by atoms with Crippen molar-refractivity contribution in [3.8, 4) is 5.75 Å². The maximum absolute atomic E-state index is 6.21. The highest BCUT2D eigenvalue weighted by Gasteiger charge is 2.13. The zero-order chi connectivity index (χ0) is 12.8. The molecule has 1 aromatic rings. The van der Waals surface area contributed by atoms with Crippen LogP contribution in [0.1, 0.15) is 32.3 Å². The maximum Gasteiger partial charge on any atom is 0.133 e. The van der Waals surface area contributed by atoms with Crippen molar-refractivity contribution in [3.05, 3.63) is 28.2 Å². The Morgan fingerprint density at radius 3 is 2.65 bits per heavy atom. The molecule has 0 saturated heterocycles. The molecule has 0 bridgehead atoms. The van der Waals surface area contributed by atoms with Gasteiger partial charge in [0.2, 0.25) is 0 Å². The van der Waals surface area contributed by atoms with Gasteiger partial charge in [-0.15, -0.1) is 0 Å². The predicted octanol–water partition coefficient (Wildman–Crippen LogP) is 3.76. The second-order valence-electron chi connectivity index (χ2n) is 4.60. The van der Waals surface area contributed by atoms with Crippen molar-refractivity contribution in [1.29, 1.82) is 0 Å². The molecule has 1 rings (SSSR count). The molecule has 0 saturated carbocycles. The van der Waals surface area contributed by atoms with Crippen LogP contribution in [0.25, 0.3) is 0 Å². The Morgan fingerprint density at radius 1 is 1.41 bits per heavy atom. The van der Waals surface area contributed by atoms with E-state index in [9.17, 15) is 0 Å². The summed E-state index contributed by atoms with van der Waals surface area (Å²) in [4.78, 5) is 0. The smallest absolute Gasteiger partial charge is 0.133 e. The molecule has 0 heterocycles. The van der Waals surface area contributed by atoms with Crippen LogP contribution in [0.2, 0.25) is 0 Å². The van der Waals surface area contributed by atoms with Gasteiger partial charge in [0.15, 0.2) is 0 Å². The topological polar surface area (TPSA) is 35.2 Å². The van der Waals surface area contributed by atoms with Crippen LogP contribution in [-0.2, 0) is 6.42 Å². The molecular formula is C14H22BrNO. The minimum absolute atomic E-state index is 0.232. The summed E-state index contributed by atoms with van der Waals surface area (Å²) in [6.07, 6.45) is 3.31. The van der Waals surface area contributed by atoms with Crippen molar-refractivity contribution in [1.82, 2.24) is 0 Å². The summed E-state index contributed by atoms with van der Waals surface area (Å²) in [6, 6.07) is 6.39. The fourth-order valence-electron chi connectivity index (χ4n) is 1.98. The Hall–Kier alpha value is -0.540. The van der Waals surface area contributed by atoms with E-state index >= 15 is 0 Å². The lowest BCUT2D eigenvalue weighted by molar-refractivity contribution is 0.410. The third-order valence-electron chi connectivity index (χ3n) is 3.16. The average Bonchev–Trinajstić information content (AvgIpc) is 2.29. The summed E-state index contributed by atoms with van der Waals surface area (Å²) in [5.41, 5.74) is 7.47. The number of ether oxygens (including phenoxy) is 1. The van der Waals surface area contributed by atoms with E-state index in [1.54, 1.807) is 7.11 Å². The van der Waals surface area contributed by atoms with Gasteiger partial charge in [-0.1, -0.05) is 26.3 Å². The predicted molar refractivity (Wildman–Crippen MR) is 76.4 cm³/mol. The molecule has 0 aliphatic carbocycles. The first-order chi connectivity index (χ1) is 8.08. The van der Waals surface area contributed by atoms with Gasteiger partial charge in [0.25, 0.3) is 0 Å². The maximum atomic E-state index is 6.21. The Balaban J connectivity index is 2.65. The molecule has 0 aliphatic heterocycles. The molecule has 1 aromatic carbocycles. The summed E-state index contributed by atoms with van der Waals surface area (Å²) in [7, 11) is 1.68. The summed E-state index contributed by atoms with van der Waals surface area (Å²) in [6.45, 7) is 4.43. The van der Waals surface area contributed by atoms with Crippen molar-refractivity contribution in [2.45, 2.75) is 39.2 Å². The van der Waals surface area contributed by atoms with Crippen LogP contribution < -0.4 is 10.5 Å². The van der Waals surface area contributed by atoms with E-state index in [1.807, 2.05) is 6.07 Å². The third-order valence-corrected chi connectivity index (χ3v) is 3.78. The lowest BCUT2D eigenvalue weighted by Gasteiger charge is -2.19. The molecule has 96 valence electrons. The van der Waals surface area contributed by atoms with E-state index in [1.165, 1.54) is 18.4 Å². The molecule has 0 aliphatic rings. The minimum atomic E-state index is 0.232. The zero-order valence-electron chi connectivity index (χ0n) is 10.9. The van der Waals surface area contributed by atoms with E-state index in [2.05, 4.69) is 41.9 Å². The number of methoxy groups -OCH3 is 1. The Bertz CT molecular complexity index is 354. The van der Waals surface area contributed by atoms with Crippen molar-refractivity contribution in [2.24, 2.45) is 11.7 Å². The molecule has 0 spiro atoms. The van der Waals surface area contributed by atoms with Crippen LogP contribution in [0.4, 0.5) is 0 Å². The molecule has 2 N–H and O–H groups in total. The summed E-state index contributed by atoms with van der Waals surface area (Å²) >= 11 is 3.50. The number of hydrogen-bond acceptors (Lipinski definition) is 2. The van der Waals surface area contributed by atoms with Crippen LogP contribution in [0.5, 0.6) is 5.75 Å². The van der Waals surface area contributed by atoms with Crippen molar-refractivity contribution >= 4 is 15.9 Å². The van der Waals surface area contributed by atoms with Gasteiger partial charge >= 0.3 is 0 Å². The van der Waals surface area contributed by atoms with Gasteiger partial charge in [-0.2, -0.15) is 0 Å². The van der Waals surface area contributed by atoms with Gasteiger partial charge in [-0.05, 0) is 52.4 Å². The quantitative estimate of drug-likeness (QED) is 0.868. The van der Waals surface area contributed by atoms with Gasteiger partial charge in [-0.3, -0.25) is 0 Å². The second-order valence-corrected chi connectivity index (χ2v) is 5.46. The van der Waals surface area contributed by atoms with Crippen molar-refractivity contribution in [2.75, 3.05) is 7.11 Å². The summed E-state index contributed by atoms with van der Waals surface area (Å²) in [5, 5.41) is 0. The first kappa shape index (κ1) is 14.5. The minimum Gasteiger partial charge on any atom is -0.496 e. The lowest BCUT2D eigenvalue weighted by atomic mass is 9.92. The Morgan fingerprint density at radius 2 is 2.12 bits per heavy atom. The Kier molecular flexibility index (Phi) is 6.00. The van der Waals surface area contributed by atoms with Crippen LogP contribution in [-0.4, -0.2) is 13.2 Å². The van der Waals surface area contributed by atoms with Crippen LogP contribution >= 0.6 is 15.9 Å². The number of nitrogens with two attached hydrogens (primary N) is 1. The van der Waals surface area contributed by atoms with E-state index in [4.69, 9.17) is 10.5 Å². The van der Waals surface area contributed by atoms with Gasteiger partial charge in [-0.25, -0.2) is 0 Å². The number of rotatable bonds is 6. The average molecular weight is 300 g/mol. The largest absolute Gasteiger partial charge is 0.496 e. The molecule has 0 fully saturated rings. The molecule has 2 atom stereocenters. The Labute approximate surface area is 113 Å². The van der Waals surface area contributed by atoms with E-state index in [0.717, 1.165) is 16.6 Å². The molecule has 0 amide bonds. The zero-order valence-corrected chi connectivity index (χ0v) is 12.5. The standard InChI is InChI=1S/C14H22BrNO/c1-4-5-10(2)13(16)9-11-6-7-14(17-3)12(15)8-11/h6-8,10,13H,4-5,9,16H2,1-3H3. The van der Waals surface area contributed by atoms with Gasteiger partial charge < -0.3 is 10.5 Å². The summed E-state index contributed by atoms with van der Waals surface area (Å²) < 4.78 is 6.21. The molecule has 0 aromatic heterocycles. The molecule has 17 heavy (non-hydrogen) atoms. The third kappa shape index (κ3) is 4.32. The first-order valence-corrected chi connectivity index (χ1v) is 6.95. The van der Waals surface area contributed by atoms with Gasteiger partial charge in [0, 0.05) is 6.04 Å². The monoisotopic (exact) mass is 299 g/mol.